The number of benzene rings is 1. The third-order valence-electron chi connectivity index (χ3n) is 3.50. The summed E-state index contributed by atoms with van der Waals surface area (Å²) >= 11 is 1.60. The number of aliphatic hydroxyl groups excluding tert-OH is 1. The highest BCUT2D eigenvalue weighted by Crippen LogP contribution is 2.31. The van der Waals surface area contributed by atoms with Crippen LogP contribution in [0.5, 0.6) is 0 Å². The summed E-state index contributed by atoms with van der Waals surface area (Å²) in [5.41, 5.74) is 4.01. The normalized spacial score (nSPS) is 10.5. The van der Waals surface area contributed by atoms with Gasteiger partial charge < -0.3 is 15.7 Å². The maximum Gasteiger partial charge on any atom is 0.244 e. The Hall–Kier alpha value is -1.85. The van der Waals surface area contributed by atoms with E-state index in [2.05, 4.69) is 24.5 Å². The van der Waals surface area contributed by atoms with Gasteiger partial charge in [-0.1, -0.05) is 12.1 Å². The third-order valence-corrected chi connectivity index (χ3v) is 4.73. The van der Waals surface area contributed by atoms with Crippen molar-refractivity contribution in [3.63, 3.8) is 0 Å². The van der Waals surface area contributed by atoms with Gasteiger partial charge in [0.2, 0.25) is 5.91 Å². The van der Waals surface area contributed by atoms with Gasteiger partial charge in [0.25, 0.3) is 0 Å². The summed E-state index contributed by atoms with van der Waals surface area (Å²) in [5.74, 6) is -0.0752. The molecule has 0 saturated carbocycles. The van der Waals surface area contributed by atoms with Gasteiger partial charge in [-0.05, 0) is 49.6 Å². The van der Waals surface area contributed by atoms with E-state index in [1.54, 1.807) is 11.3 Å². The van der Waals surface area contributed by atoms with E-state index in [4.69, 9.17) is 5.11 Å². The number of amides is 1. The number of carbonyl (C=O) groups excluding carboxylic acids is 1. The van der Waals surface area contributed by atoms with Crippen molar-refractivity contribution < 1.29 is 9.90 Å². The molecule has 0 aliphatic heterocycles. The first kappa shape index (κ1) is 15.5. The predicted octanol–water partition coefficient (Wildman–Crippen LogP) is 3.22. The van der Waals surface area contributed by atoms with E-state index in [9.17, 15) is 4.79 Å². The van der Waals surface area contributed by atoms with Crippen LogP contribution in [0.15, 0.2) is 24.3 Å². The van der Waals surface area contributed by atoms with Crippen LogP contribution < -0.4 is 10.6 Å². The molecule has 21 heavy (non-hydrogen) atoms. The maximum atomic E-state index is 12.0. The second-order valence-corrected chi connectivity index (χ2v) is 6.22. The number of hydrogen-bond acceptors (Lipinski definition) is 4. The largest absolute Gasteiger partial charge is 0.392 e. The SMILES string of the molecule is Cc1sc(NC(=O)CNc2cccc(CO)c2)c(C)c1C. The highest BCUT2D eigenvalue weighted by molar-refractivity contribution is 7.16. The minimum absolute atomic E-state index is 0.00530. The summed E-state index contributed by atoms with van der Waals surface area (Å²) in [6.45, 7) is 6.34. The van der Waals surface area contributed by atoms with Gasteiger partial charge in [-0.3, -0.25) is 4.79 Å². The molecule has 0 atom stereocenters. The summed E-state index contributed by atoms with van der Waals surface area (Å²) in [4.78, 5) is 13.2. The molecular formula is C16H20N2O2S. The fourth-order valence-corrected chi connectivity index (χ4v) is 3.08. The Labute approximate surface area is 128 Å². The van der Waals surface area contributed by atoms with Crippen molar-refractivity contribution >= 4 is 27.9 Å². The molecular weight excluding hydrogens is 284 g/mol. The summed E-state index contributed by atoms with van der Waals surface area (Å²) < 4.78 is 0. The van der Waals surface area contributed by atoms with Crippen LogP contribution in [0.25, 0.3) is 0 Å². The van der Waals surface area contributed by atoms with Crippen LogP contribution in [0, 0.1) is 20.8 Å². The second kappa shape index (κ2) is 6.74. The fourth-order valence-electron chi connectivity index (χ4n) is 1.99. The first-order valence-corrected chi connectivity index (χ1v) is 7.63. The topological polar surface area (TPSA) is 61.4 Å². The quantitative estimate of drug-likeness (QED) is 0.795. The standard InChI is InChI=1S/C16H20N2O2S/c1-10-11(2)16(21-12(10)3)18-15(20)8-17-14-6-4-5-13(7-14)9-19/h4-7,17,19H,8-9H2,1-3H3,(H,18,20). The molecule has 0 fully saturated rings. The molecule has 0 aliphatic rings. The van der Waals surface area contributed by atoms with Gasteiger partial charge in [0.15, 0.2) is 0 Å². The van der Waals surface area contributed by atoms with Gasteiger partial charge in [0.05, 0.1) is 18.2 Å². The van der Waals surface area contributed by atoms with E-state index in [1.807, 2.05) is 31.2 Å². The molecule has 5 heteroatoms. The van der Waals surface area contributed by atoms with Crippen molar-refractivity contribution in [2.45, 2.75) is 27.4 Å². The van der Waals surface area contributed by atoms with E-state index in [-0.39, 0.29) is 19.1 Å². The molecule has 1 heterocycles. The van der Waals surface area contributed by atoms with Gasteiger partial charge in [-0.25, -0.2) is 0 Å². The van der Waals surface area contributed by atoms with Crippen LogP contribution in [0.3, 0.4) is 0 Å². The maximum absolute atomic E-state index is 12.0. The zero-order valence-electron chi connectivity index (χ0n) is 12.5. The number of rotatable bonds is 5. The van der Waals surface area contributed by atoms with Crippen LogP contribution in [0.4, 0.5) is 10.7 Å². The second-order valence-electron chi connectivity index (χ2n) is 5.00. The molecule has 0 saturated heterocycles. The van der Waals surface area contributed by atoms with Gasteiger partial charge in [-0.2, -0.15) is 0 Å². The Bertz CT molecular complexity index is 650. The van der Waals surface area contributed by atoms with Gasteiger partial charge in [0.1, 0.15) is 0 Å². The average molecular weight is 304 g/mol. The lowest BCUT2D eigenvalue weighted by molar-refractivity contribution is -0.114. The first-order chi connectivity index (χ1) is 10.0. The Kier molecular flexibility index (Phi) is 4.98. The summed E-state index contributed by atoms with van der Waals surface area (Å²) in [7, 11) is 0. The highest BCUT2D eigenvalue weighted by Gasteiger charge is 2.11. The highest BCUT2D eigenvalue weighted by atomic mass is 32.1. The molecule has 3 N–H and O–H groups in total. The Morgan fingerprint density at radius 1 is 1.24 bits per heavy atom. The molecule has 1 aromatic heterocycles. The molecule has 2 rings (SSSR count). The third kappa shape index (κ3) is 3.83. The lowest BCUT2D eigenvalue weighted by Gasteiger charge is -2.08. The molecule has 1 aromatic carbocycles. The molecule has 4 nitrogen and oxygen atoms in total. The lowest BCUT2D eigenvalue weighted by atomic mass is 10.2. The van der Waals surface area contributed by atoms with E-state index >= 15 is 0 Å². The predicted molar refractivity (Wildman–Crippen MR) is 88.0 cm³/mol. The van der Waals surface area contributed by atoms with E-state index in [1.165, 1.54) is 10.4 Å². The summed E-state index contributed by atoms with van der Waals surface area (Å²) in [6, 6.07) is 7.39. The molecule has 0 aliphatic carbocycles. The zero-order valence-corrected chi connectivity index (χ0v) is 13.3. The minimum Gasteiger partial charge on any atom is -0.392 e. The number of hydrogen-bond donors (Lipinski definition) is 3. The number of carbonyl (C=O) groups is 1. The van der Waals surface area contributed by atoms with Gasteiger partial charge >= 0.3 is 0 Å². The van der Waals surface area contributed by atoms with Crippen molar-refractivity contribution in [1.82, 2.24) is 0 Å². The van der Waals surface area contributed by atoms with Crippen LogP contribution in [0.2, 0.25) is 0 Å². The smallest absolute Gasteiger partial charge is 0.244 e. The number of aliphatic hydroxyl groups is 1. The number of nitrogens with one attached hydrogen (secondary N) is 2. The molecule has 112 valence electrons. The van der Waals surface area contributed by atoms with Crippen molar-refractivity contribution in [3.05, 3.63) is 45.8 Å². The molecule has 1 amide bonds. The number of thiophene rings is 1. The monoisotopic (exact) mass is 304 g/mol. The van der Waals surface area contributed by atoms with Crippen LogP contribution in [-0.2, 0) is 11.4 Å². The zero-order chi connectivity index (χ0) is 15.4. The average Bonchev–Trinajstić information content (AvgIpc) is 2.72. The van der Waals surface area contributed by atoms with E-state index in [0.717, 1.165) is 21.8 Å². The Balaban J connectivity index is 1.94. The Morgan fingerprint density at radius 3 is 2.62 bits per heavy atom. The van der Waals surface area contributed by atoms with E-state index in [0.29, 0.717) is 0 Å². The molecule has 0 bridgehead atoms. The molecule has 0 spiro atoms. The van der Waals surface area contributed by atoms with Crippen LogP contribution in [-0.4, -0.2) is 17.6 Å². The van der Waals surface area contributed by atoms with Gasteiger partial charge in [-0.15, -0.1) is 11.3 Å². The van der Waals surface area contributed by atoms with Crippen molar-refractivity contribution in [2.75, 3.05) is 17.2 Å². The fraction of sp³-hybridized carbons (Fsp3) is 0.312. The minimum atomic E-state index is -0.0752. The number of anilines is 2. The van der Waals surface area contributed by atoms with E-state index < -0.39 is 0 Å². The van der Waals surface area contributed by atoms with Crippen molar-refractivity contribution in [2.24, 2.45) is 0 Å². The first-order valence-electron chi connectivity index (χ1n) is 6.81. The molecule has 2 aromatic rings. The lowest BCUT2D eigenvalue weighted by Crippen LogP contribution is -2.21. The van der Waals surface area contributed by atoms with Crippen molar-refractivity contribution in [3.8, 4) is 0 Å². The molecule has 0 radical (unpaired) electrons. The number of aryl methyl sites for hydroxylation is 1. The van der Waals surface area contributed by atoms with Crippen LogP contribution >= 0.6 is 11.3 Å². The van der Waals surface area contributed by atoms with Gasteiger partial charge in [0, 0.05) is 10.6 Å². The molecule has 0 unspecified atom stereocenters. The summed E-state index contributed by atoms with van der Waals surface area (Å²) in [6.07, 6.45) is 0. The summed E-state index contributed by atoms with van der Waals surface area (Å²) in [5, 5.41) is 16.0. The van der Waals surface area contributed by atoms with Crippen molar-refractivity contribution in [1.29, 1.82) is 0 Å². The van der Waals surface area contributed by atoms with Crippen LogP contribution in [0.1, 0.15) is 21.6 Å². The Morgan fingerprint density at radius 2 is 2.00 bits per heavy atom.